The van der Waals surface area contributed by atoms with Crippen LogP contribution in [-0.4, -0.2) is 44.7 Å². The number of amides is 1. The first-order valence-corrected chi connectivity index (χ1v) is 9.09. The van der Waals surface area contributed by atoms with Gasteiger partial charge in [-0.25, -0.2) is 13.6 Å². The molecule has 1 fully saturated rings. The maximum Gasteiger partial charge on any atom is 0.222 e. The van der Waals surface area contributed by atoms with Gasteiger partial charge in [-0.15, -0.1) is 0 Å². The molecule has 2 rings (SSSR count). The standard InChI is InChI=1S/C15H22N2O4S/c1-2-21-14-5-3-12(4-6-14)7-8-17-10-13(9-15(17)18)11-22(16,19)20/h3-6,13H,2,7-11H2,1H3,(H2,16,19,20). The predicted molar refractivity (Wildman–Crippen MR) is 84.0 cm³/mol. The number of nitrogens with zero attached hydrogens (tertiary/aromatic N) is 1. The molecule has 1 atom stereocenters. The molecule has 1 aromatic rings. The van der Waals surface area contributed by atoms with Crippen molar-refractivity contribution >= 4 is 15.9 Å². The summed E-state index contributed by atoms with van der Waals surface area (Å²) in [5.74, 6) is 0.511. The molecule has 0 saturated carbocycles. The number of benzene rings is 1. The second-order valence-corrected chi connectivity index (χ2v) is 7.23. The Morgan fingerprint density at radius 2 is 2.00 bits per heavy atom. The van der Waals surface area contributed by atoms with Crippen LogP contribution in [0.3, 0.4) is 0 Å². The third-order valence-corrected chi connectivity index (χ3v) is 4.60. The fourth-order valence-corrected chi connectivity index (χ4v) is 3.57. The highest BCUT2D eigenvalue weighted by atomic mass is 32.2. The van der Waals surface area contributed by atoms with Gasteiger partial charge in [0.2, 0.25) is 15.9 Å². The van der Waals surface area contributed by atoms with E-state index in [0.717, 1.165) is 17.7 Å². The fourth-order valence-electron chi connectivity index (χ4n) is 2.69. The van der Waals surface area contributed by atoms with E-state index in [4.69, 9.17) is 9.88 Å². The molecule has 22 heavy (non-hydrogen) atoms. The summed E-state index contributed by atoms with van der Waals surface area (Å²) in [5.41, 5.74) is 1.12. The van der Waals surface area contributed by atoms with Crippen LogP contribution in [-0.2, 0) is 21.2 Å². The van der Waals surface area contributed by atoms with Crippen LogP contribution in [0.4, 0.5) is 0 Å². The molecule has 7 heteroatoms. The molecule has 0 aromatic heterocycles. The largest absolute Gasteiger partial charge is 0.494 e. The molecule has 6 nitrogen and oxygen atoms in total. The fraction of sp³-hybridized carbons (Fsp3) is 0.533. The van der Waals surface area contributed by atoms with Gasteiger partial charge in [0.15, 0.2) is 0 Å². The summed E-state index contributed by atoms with van der Waals surface area (Å²) >= 11 is 0. The summed E-state index contributed by atoms with van der Waals surface area (Å²) in [6, 6.07) is 7.78. The lowest BCUT2D eigenvalue weighted by Crippen LogP contribution is -2.29. The molecular weight excluding hydrogens is 304 g/mol. The number of sulfonamides is 1. The van der Waals surface area contributed by atoms with Crippen molar-refractivity contribution in [3.05, 3.63) is 29.8 Å². The van der Waals surface area contributed by atoms with Crippen molar-refractivity contribution in [3.8, 4) is 5.75 Å². The van der Waals surface area contributed by atoms with Crippen LogP contribution in [0.2, 0.25) is 0 Å². The van der Waals surface area contributed by atoms with Crippen LogP contribution in [0.5, 0.6) is 5.75 Å². The molecule has 1 unspecified atom stereocenters. The first-order valence-electron chi connectivity index (χ1n) is 7.37. The number of nitrogens with two attached hydrogens (primary N) is 1. The minimum absolute atomic E-state index is 0.000383. The Hall–Kier alpha value is -1.60. The van der Waals surface area contributed by atoms with E-state index in [9.17, 15) is 13.2 Å². The van der Waals surface area contributed by atoms with Crippen molar-refractivity contribution in [1.29, 1.82) is 0 Å². The number of hydrogen-bond acceptors (Lipinski definition) is 4. The molecule has 1 aliphatic heterocycles. The highest BCUT2D eigenvalue weighted by molar-refractivity contribution is 7.89. The lowest BCUT2D eigenvalue weighted by molar-refractivity contribution is -0.127. The molecule has 1 saturated heterocycles. The van der Waals surface area contributed by atoms with Crippen molar-refractivity contribution in [2.24, 2.45) is 11.1 Å². The molecular formula is C15H22N2O4S. The highest BCUT2D eigenvalue weighted by Crippen LogP contribution is 2.20. The maximum absolute atomic E-state index is 11.9. The molecule has 0 aliphatic carbocycles. The Bertz CT molecular complexity index is 613. The summed E-state index contributed by atoms with van der Waals surface area (Å²) in [6.07, 6.45) is 1.000. The van der Waals surface area contributed by atoms with Gasteiger partial charge in [-0.2, -0.15) is 0 Å². The van der Waals surface area contributed by atoms with E-state index in [1.807, 2.05) is 31.2 Å². The van der Waals surface area contributed by atoms with Gasteiger partial charge in [0, 0.05) is 25.4 Å². The van der Waals surface area contributed by atoms with Crippen molar-refractivity contribution in [2.45, 2.75) is 19.8 Å². The van der Waals surface area contributed by atoms with Gasteiger partial charge < -0.3 is 9.64 Å². The topological polar surface area (TPSA) is 89.7 Å². The number of primary sulfonamides is 1. The minimum Gasteiger partial charge on any atom is -0.494 e. The third-order valence-electron chi connectivity index (χ3n) is 3.67. The second-order valence-electron chi connectivity index (χ2n) is 5.57. The summed E-state index contributed by atoms with van der Waals surface area (Å²) < 4.78 is 27.6. The zero-order valence-corrected chi connectivity index (χ0v) is 13.5. The number of likely N-dealkylation sites (tertiary alicyclic amines) is 1. The Morgan fingerprint density at radius 1 is 1.32 bits per heavy atom. The van der Waals surface area contributed by atoms with Gasteiger partial charge in [-0.3, -0.25) is 4.79 Å². The van der Waals surface area contributed by atoms with Crippen LogP contribution in [0.15, 0.2) is 24.3 Å². The van der Waals surface area contributed by atoms with Gasteiger partial charge in [-0.05, 0) is 31.0 Å². The number of rotatable bonds is 7. The van der Waals surface area contributed by atoms with E-state index in [0.29, 0.717) is 19.7 Å². The van der Waals surface area contributed by atoms with Crippen LogP contribution >= 0.6 is 0 Å². The molecule has 0 bridgehead atoms. The number of carbonyl (C=O) groups excluding carboxylic acids is 1. The molecule has 1 aromatic carbocycles. The zero-order chi connectivity index (χ0) is 16.2. The molecule has 1 aliphatic rings. The summed E-state index contributed by atoms with van der Waals surface area (Å²) in [6.45, 7) is 3.62. The van der Waals surface area contributed by atoms with Gasteiger partial charge >= 0.3 is 0 Å². The van der Waals surface area contributed by atoms with Gasteiger partial charge in [0.05, 0.1) is 12.4 Å². The normalized spacial score (nSPS) is 18.7. The van der Waals surface area contributed by atoms with Crippen molar-refractivity contribution in [1.82, 2.24) is 4.90 Å². The lowest BCUT2D eigenvalue weighted by atomic mass is 10.1. The summed E-state index contributed by atoms with van der Waals surface area (Å²) in [5, 5.41) is 5.04. The molecule has 0 radical (unpaired) electrons. The molecule has 122 valence electrons. The Kier molecular flexibility index (Phi) is 5.42. The van der Waals surface area contributed by atoms with Crippen LogP contribution in [0.1, 0.15) is 18.9 Å². The van der Waals surface area contributed by atoms with E-state index in [-0.39, 0.29) is 24.0 Å². The lowest BCUT2D eigenvalue weighted by Gasteiger charge is -2.16. The zero-order valence-electron chi connectivity index (χ0n) is 12.7. The van der Waals surface area contributed by atoms with E-state index >= 15 is 0 Å². The maximum atomic E-state index is 11.9. The van der Waals surface area contributed by atoms with Crippen LogP contribution in [0, 0.1) is 5.92 Å². The van der Waals surface area contributed by atoms with Crippen LogP contribution in [0.25, 0.3) is 0 Å². The highest BCUT2D eigenvalue weighted by Gasteiger charge is 2.31. The Labute approximate surface area is 131 Å². The van der Waals surface area contributed by atoms with E-state index in [1.165, 1.54) is 0 Å². The van der Waals surface area contributed by atoms with Gasteiger partial charge in [-0.1, -0.05) is 12.1 Å². The molecule has 2 N–H and O–H groups in total. The number of hydrogen-bond donors (Lipinski definition) is 1. The van der Waals surface area contributed by atoms with Crippen molar-refractivity contribution in [3.63, 3.8) is 0 Å². The Balaban J connectivity index is 1.85. The number of carbonyl (C=O) groups is 1. The summed E-state index contributed by atoms with van der Waals surface area (Å²) in [7, 11) is -3.52. The first kappa shape index (κ1) is 16.8. The quantitative estimate of drug-likeness (QED) is 0.801. The average molecular weight is 326 g/mol. The molecule has 1 heterocycles. The van der Waals surface area contributed by atoms with Gasteiger partial charge in [0.25, 0.3) is 0 Å². The second kappa shape index (κ2) is 7.11. The van der Waals surface area contributed by atoms with E-state index in [2.05, 4.69) is 0 Å². The van der Waals surface area contributed by atoms with Gasteiger partial charge in [0.1, 0.15) is 5.75 Å². The van der Waals surface area contributed by atoms with Crippen molar-refractivity contribution in [2.75, 3.05) is 25.4 Å². The minimum atomic E-state index is -3.52. The van der Waals surface area contributed by atoms with E-state index < -0.39 is 10.0 Å². The van der Waals surface area contributed by atoms with Crippen molar-refractivity contribution < 1.29 is 17.9 Å². The SMILES string of the molecule is CCOc1ccc(CCN2CC(CS(N)(=O)=O)CC2=O)cc1. The Morgan fingerprint density at radius 3 is 2.59 bits per heavy atom. The predicted octanol–water partition coefficient (Wildman–Crippen LogP) is 0.765. The number of ether oxygens (including phenoxy) is 1. The smallest absolute Gasteiger partial charge is 0.222 e. The average Bonchev–Trinajstić information content (AvgIpc) is 2.76. The monoisotopic (exact) mass is 326 g/mol. The molecule has 0 spiro atoms. The first-order chi connectivity index (χ1) is 10.4. The van der Waals surface area contributed by atoms with E-state index in [1.54, 1.807) is 4.90 Å². The third kappa shape index (κ3) is 4.99. The molecule has 1 amide bonds. The summed E-state index contributed by atoms with van der Waals surface area (Å²) in [4.78, 5) is 13.6. The van der Waals surface area contributed by atoms with Crippen LogP contribution < -0.4 is 9.88 Å².